The van der Waals surface area contributed by atoms with E-state index in [0.29, 0.717) is 58.2 Å². The number of H-pyrrole nitrogens is 1. The molecule has 0 bridgehead atoms. The predicted octanol–water partition coefficient (Wildman–Crippen LogP) is 5.30. The van der Waals surface area contributed by atoms with Crippen LogP contribution < -0.4 is 24.3 Å². The number of hydrogen-bond donors (Lipinski definition) is 2. The Bertz CT molecular complexity index is 1650. The van der Waals surface area contributed by atoms with Crippen molar-refractivity contribution >= 4 is 16.9 Å². The number of carbonyl (C=O) groups is 1. The van der Waals surface area contributed by atoms with Gasteiger partial charge in [0.15, 0.2) is 17.1 Å². The molecule has 5 aromatic rings. The van der Waals surface area contributed by atoms with E-state index in [4.69, 9.17) is 23.9 Å². The average Bonchev–Trinajstić information content (AvgIpc) is 3.44. The maximum absolute atomic E-state index is 13.7. The number of para-hydroxylation sites is 1. The van der Waals surface area contributed by atoms with Crippen molar-refractivity contribution in [1.29, 1.82) is 0 Å². The lowest BCUT2D eigenvalue weighted by Crippen LogP contribution is -2.26. The Hall–Kier alpha value is -5.05. The summed E-state index contributed by atoms with van der Waals surface area (Å²) in [6, 6.07) is 22.6. The summed E-state index contributed by atoms with van der Waals surface area (Å²) >= 11 is 0. The summed E-state index contributed by atoms with van der Waals surface area (Å²) in [7, 11) is 6.43. The minimum Gasteiger partial charge on any atom is -0.497 e. The molecule has 0 saturated carbocycles. The molecule has 40 heavy (non-hydrogen) atoms. The van der Waals surface area contributed by atoms with Crippen LogP contribution in [0.4, 0.5) is 0 Å². The van der Waals surface area contributed by atoms with E-state index in [-0.39, 0.29) is 5.91 Å². The molecular weight excluding hydrogens is 508 g/mol. The molecular formula is C31H30N4O5. The van der Waals surface area contributed by atoms with Crippen molar-refractivity contribution in [2.75, 3.05) is 35.0 Å². The van der Waals surface area contributed by atoms with Gasteiger partial charge in [-0.2, -0.15) is 5.10 Å². The molecule has 0 atom stereocenters. The summed E-state index contributed by atoms with van der Waals surface area (Å²) in [5.74, 6) is 2.45. The van der Waals surface area contributed by atoms with Gasteiger partial charge in [-0.15, -0.1) is 0 Å². The van der Waals surface area contributed by atoms with Gasteiger partial charge >= 0.3 is 0 Å². The number of hydrogen-bond acceptors (Lipinski definition) is 7. The van der Waals surface area contributed by atoms with Crippen LogP contribution in [-0.4, -0.2) is 56.1 Å². The van der Waals surface area contributed by atoms with E-state index in [1.165, 1.54) is 0 Å². The topological polar surface area (TPSA) is 108 Å². The lowest BCUT2D eigenvalue weighted by molar-refractivity contribution is 0.0955. The van der Waals surface area contributed by atoms with Gasteiger partial charge in [0.2, 0.25) is 0 Å². The van der Waals surface area contributed by atoms with Crippen LogP contribution in [0.15, 0.2) is 72.8 Å². The molecule has 2 N–H and O–H groups in total. The normalized spacial score (nSPS) is 10.8. The van der Waals surface area contributed by atoms with Gasteiger partial charge in [-0.1, -0.05) is 18.2 Å². The highest BCUT2D eigenvalue weighted by atomic mass is 16.5. The Morgan fingerprint density at radius 2 is 1.57 bits per heavy atom. The fraction of sp³-hybridized carbons (Fsp3) is 0.194. The largest absolute Gasteiger partial charge is 0.497 e. The molecule has 1 amide bonds. The van der Waals surface area contributed by atoms with Crippen molar-refractivity contribution in [3.05, 3.63) is 83.9 Å². The van der Waals surface area contributed by atoms with Gasteiger partial charge < -0.3 is 24.3 Å². The molecule has 2 heterocycles. The van der Waals surface area contributed by atoms with Crippen molar-refractivity contribution in [3.63, 3.8) is 0 Å². The standard InChI is InChI=1S/C31H30N4O5/c1-37-21-12-10-20(11-13-21)29-28-23(31(36)32-16-15-19-9-14-26(39-3)27(17-19)40-4)18-24(33-30(28)35-34-29)22-7-5-6-8-25(22)38-2/h5-14,17-18H,15-16H2,1-4H3,(H,32,36)(H,33,34,35). The van der Waals surface area contributed by atoms with Crippen molar-refractivity contribution in [2.24, 2.45) is 0 Å². The van der Waals surface area contributed by atoms with Crippen LogP contribution in [0.25, 0.3) is 33.5 Å². The third kappa shape index (κ3) is 5.26. The summed E-state index contributed by atoms with van der Waals surface area (Å²) in [4.78, 5) is 18.5. The second kappa shape index (κ2) is 11.8. The van der Waals surface area contributed by atoms with Crippen LogP contribution in [-0.2, 0) is 6.42 Å². The number of fused-ring (bicyclic) bond motifs is 1. The van der Waals surface area contributed by atoms with Gasteiger partial charge in [-0.05, 0) is 66.6 Å². The zero-order valence-corrected chi connectivity index (χ0v) is 22.8. The van der Waals surface area contributed by atoms with Crippen LogP contribution in [0, 0.1) is 0 Å². The number of amides is 1. The lowest BCUT2D eigenvalue weighted by atomic mass is 10.0. The molecule has 204 valence electrons. The number of pyridine rings is 1. The number of nitrogens with one attached hydrogen (secondary N) is 2. The number of benzene rings is 3. The first-order valence-corrected chi connectivity index (χ1v) is 12.7. The van der Waals surface area contributed by atoms with Crippen molar-refractivity contribution in [1.82, 2.24) is 20.5 Å². The summed E-state index contributed by atoms with van der Waals surface area (Å²) in [6.45, 7) is 0.415. The molecule has 2 aromatic heterocycles. The third-order valence-corrected chi connectivity index (χ3v) is 6.68. The second-order valence-corrected chi connectivity index (χ2v) is 8.98. The molecule has 0 unspecified atom stereocenters. The van der Waals surface area contributed by atoms with E-state index in [2.05, 4.69) is 15.5 Å². The minimum atomic E-state index is -0.236. The Kier molecular flexibility index (Phi) is 7.82. The molecule has 0 aliphatic heterocycles. The quantitative estimate of drug-likeness (QED) is 0.248. The van der Waals surface area contributed by atoms with Gasteiger partial charge in [0, 0.05) is 17.7 Å². The molecule has 0 spiro atoms. The Balaban J connectivity index is 1.51. The Morgan fingerprint density at radius 3 is 2.30 bits per heavy atom. The second-order valence-electron chi connectivity index (χ2n) is 8.98. The summed E-state index contributed by atoms with van der Waals surface area (Å²) in [5.41, 5.74) is 4.80. The molecule has 0 aliphatic rings. The lowest BCUT2D eigenvalue weighted by Gasteiger charge is -2.12. The van der Waals surface area contributed by atoms with Gasteiger partial charge in [0.1, 0.15) is 11.5 Å². The SMILES string of the molecule is COc1ccc(-c2[nH]nc3nc(-c4ccccc4OC)cc(C(=O)NCCc4ccc(OC)c(OC)c4)c23)cc1. The number of aromatic nitrogens is 3. The van der Waals surface area contributed by atoms with E-state index in [1.807, 2.05) is 66.7 Å². The zero-order chi connectivity index (χ0) is 28.1. The van der Waals surface area contributed by atoms with E-state index in [0.717, 1.165) is 22.4 Å². The highest BCUT2D eigenvalue weighted by Gasteiger charge is 2.21. The molecule has 9 heteroatoms. The predicted molar refractivity (Wildman–Crippen MR) is 153 cm³/mol. The van der Waals surface area contributed by atoms with Gasteiger partial charge in [-0.25, -0.2) is 4.98 Å². The first-order valence-electron chi connectivity index (χ1n) is 12.7. The average molecular weight is 539 g/mol. The number of nitrogens with zero attached hydrogens (tertiary/aromatic N) is 2. The molecule has 5 rings (SSSR count). The summed E-state index contributed by atoms with van der Waals surface area (Å²) in [5, 5.41) is 11.3. The zero-order valence-electron chi connectivity index (χ0n) is 22.8. The molecule has 3 aromatic carbocycles. The number of aromatic amines is 1. The number of ether oxygens (including phenoxy) is 4. The molecule has 9 nitrogen and oxygen atoms in total. The van der Waals surface area contributed by atoms with E-state index < -0.39 is 0 Å². The maximum Gasteiger partial charge on any atom is 0.252 e. The van der Waals surface area contributed by atoms with Crippen LogP contribution in [0.5, 0.6) is 23.0 Å². The van der Waals surface area contributed by atoms with Crippen LogP contribution in [0.1, 0.15) is 15.9 Å². The first kappa shape index (κ1) is 26.6. The van der Waals surface area contributed by atoms with Crippen molar-refractivity contribution in [3.8, 4) is 45.5 Å². The smallest absolute Gasteiger partial charge is 0.252 e. The van der Waals surface area contributed by atoms with Crippen molar-refractivity contribution < 1.29 is 23.7 Å². The Morgan fingerprint density at radius 1 is 0.825 bits per heavy atom. The van der Waals surface area contributed by atoms with E-state index >= 15 is 0 Å². The molecule has 0 radical (unpaired) electrons. The number of carbonyl (C=O) groups excluding carboxylic acids is 1. The van der Waals surface area contributed by atoms with Crippen molar-refractivity contribution in [2.45, 2.75) is 6.42 Å². The fourth-order valence-electron chi connectivity index (χ4n) is 4.62. The minimum absolute atomic E-state index is 0.236. The first-order chi connectivity index (χ1) is 19.6. The number of methoxy groups -OCH3 is 4. The highest BCUT2D eigenvalue weighted by molar-refractivity contribution is 6.11. The summed E-state index contributed by atoms with van der Waals surface area (Å²) < 4.78 is 21.6. The van der Waals surface area contributed by atoms with E-state index in [9.17, 15) is 4.79 Å². The summed E-state index contributed by atoms with van der Waals surface area (Å²) in [6.07, 6.45) is 0.608. The number of rotatable bonds is 10. The molecule has 0 aliphatic carbocycles. The van der Waals surface area contributed by atoms with Gasteiger partial charge in [-0.3, -0.25) is 9.89 Å². The monoisotopic (exact) mass is 538 g/mol. The van der Waals surface area contributed by atoms with Crippen LogP contribution in [0.3, 0.4) is 0 Å². The van der Waals surface area contributed by atoms with Gasteiger partial charge in [0.25, 0.3) is 5.91 Å². The molecule has 0 saturated heterocycles. The fourth-order valence-corrected chi connectivity index (χ4v) is 4.62. The van der Waals surface area contributed by atoms with Crippen LogP contribution in [0.2, 0.25) is 0 Å². The van der Waals surface area contributed by atoms with Gasteiger partial charge in [0.05, 0.1) is 50.8 Å². The Labute approximate surface area is 232 Å². The molecule has 0 fully saturated rings. The maximum atomic E-state index is 13.7. The highest BCUT2D eigenvalue weighted by Crippen LogP contribution is 2.35. The third-order valence-electron chi connectivity index (χ3n) is 6.68. The van der Waals surface area contributed by atoms with Crippen LogP contribution >= 0.6 is 0 Å². The van der Waals surface area contributed by atoms with E-state index in [1.54, 1.807) is 34.5 Å².